The lowest BCUT2D eigenvalue weighted by Gasteiger charge is -1.92. The first-order valence-corrected chi connectivity index (χ1v) is 3.28. The highest BCUT2D eigenvalue weighted by Crippen LogP contribution is 2.26. The second kappa shape index (κ2) is 2.23. The zero-order valence-corrected chi connectivity index (χ0v) is 5.41. The van der Waals surface area contributed by atoms with Gasteiger partial charge in [-0.05, 0) is 19.3 Å². The Balaban J connectivity index is 2.26. The molecule has 1 saturated carbocycles. The number of alkyl halides is 2. The van der Waals surface area contributed by atoms with E-state index in [0.717, 1.165) is 12.8 Å². The zero-order chi connectivity index (χ0) is 5.28. The van der Waals surface area contributed by atoms with Gasteiger partial charge in [-0.25, -0.2) is 0 Å². The van der Waals surface area contributed by atoms with Crippen LogP contribution in [-0.2, 0) is 0 Å². The van der Waals surface area contributed by atoms with Crippen LogP contribution in [0.4, 0.5) is 0 Å². The maximum absolute atomic E-state index is 5.69. The van der Waals surface area contributed by atoms with Gasteiger partial charge in [0.25, 0.3) is 0 Å². The van der Waals surface area contributed by atoms with Crippen molar-refractivity contribution < 1.29 is 0 Å². The Morgan fingerprint density at radius 1 is 1.43 bits per heavy atom. The SMILES string of the molecule is ClC1[CH]CC(Cl)C1. The molecule has 2 heteroatoms. The summed E-state index contributed by atoms with van der Waals surface area (Å²) in [6.07, 6.45) is 3.98. The van der Waals surface area contributed by atoms with Crippen molar-refractivity contribution >= 4 is 23.2 Å². The van der Waals surface area contributed by atoms with Gasteiger partial charge in [0, 0.05) is 10.8 Å². The van der Waals surface area contributed by atoms with Gasteiger partial charge in [-0.15, -0.1) is 23.2 Å². The summed E-state index contributed by atoms with van der Waals surface area (Å²) in [5.74, 6) is 0. The number of hydrogen-bond acceptors (Lipinski definition) is 0. The molecule has 0 heterocycles. The van der Waals surface area contributed by atoms with Gasteiger partial charge in [0.1, 0.15) is 0 Å². The van der Waals surface area contributed by atoms with Crippen molar-refractivity contribution in [3.63, 3.8) is 0 Å². The van der Waals surface area contributed by atoms with Crippen molar-refractivity contribution in [2.45, 2.75) is 23.6 Å². The van der Waals surface area contributed by atoms with Gasteiger partial charge in [-0.3, -0.25) is 0 Å². The van der Waals surface area contributed by atoms with E-state index in [1.807, 2.05) is 0 Å². The standard InChI is InChI=1S/C5H7Cl2/c6-4-1-2-5(7)3-4/h1,4-5H,2-3H2. The summed E-state index contributed by atoms with van der Waals surface area (Å²) in [5.41, 5.74) is 0. The molecule has 7 heavy (non-hydrogen) atoms. The molecule has 1 rings (SSSR count). The van der Waals surface area contributed by atoms with Crippen LogP contribution in [0, 0.1) is 6.42 Å². The van der Waals surface area contributed by atoms with Crippen LogP contribution >= 0.6 is 23.2 Å². The van der Waals surface area contributed by atoms with Crippen molar-refractivity contribution in [1.82, 2.24) is 0 Å². The van der Waals surface area contributed by atoms with Crippen LogP contribution in [0.15, 0.2) is 0 Å². The third-order valence-corrected chi connectivity index (χ3v) is 1.84. The summed E-state index contributed by atoms with van der Waals surface area (Å²) < 4.78 is 0. The van der Waals surface area contributed by atoms with Crippen LogP contribution in [-0.4, -0.2) is 10.8 Å². The molecule has 1 radical (unpaired) electrons. The predicted octanol–water partition coefficient (Wildman–Crippen LogP) is 2.20. The van der Waals surface area contributed by atoms with Crippen molar-refractivity contribution in [2.75, 3.05) is 0 Å². The number of hydrogen-bond donors (Lipinski definition) is 0. The molecular formula is C5H7Cl2. The maximum Gasteiger partial charge on any atom is 0.0382 e. The van der Waals surface area contributed by atoms with E-state index in [1.165, 1.54) is 0 Å². The Kier molecular flexibility index (Phi) is 1.82. The zero-order valence-electron chi connectivity index (χ0n) is 3.90. The largest absolute Gasteiger partial charge is 0.123 e. The molecule has 0 aromatic heterocycles. The Hall–Kier alpha value is 0.580. The summed E-state index contributed by atoms with van der Waals surface area (Å²) in [4.78, 5) is 0. The third-order valence-electron chi connectivity index (χ3n) is 1.13. The molecule has 41 valence electrons. The summed E-state index contributed by atoms with van der Waals surface area (Å²) in [6.45, 7) is 0. The van der Waals surface area contributed by atoms with E-state index >= 15 is 0 Å². The summed E-state index contributed by atoms with van der Waals surface area (Å²) in [5, 5.41) is 0.546. The van der Waals surface area contributed by atoms with E-state index < -0.39 is 0 Å². The van der Waals surface area contributed by atoms with Crippen molar-refractivity contribution in [3.05, 3.63) is 6.42 Å². The summed E-state index contributed by atoms with van der Waals surface area (Å²) in [6, 6.07) is 0. The molecule has 0 amide bonds. The second-order valence-electron chi connectivity index (χ2n) is 1.82. The van der Waals surface area contributed by atoms with Crippen molar-refractivity contribution in [1.29, 1.82) is 0 Å². The molecule has 1 fully saturated rings. The highest BCUT2D eigenvalue weighted by molar-refractivity contribution is 6.25. The first kappa shape index (κ1) is 5.71. The van der Waals surface area contributed by atoms with E-state index in [0.29, 0.717) is 5.38 Å². The minimum Gasteiger partial charge on any atom is -0.123 e. The quantitative estimate of drug-likeness (QED) is 0.450. The van der Waals surface area contributed by atoms with Crippen molar-refractivity contribution in [3.8, 4) is 0 Å². The average Bonchev–Trinajstić information content (AvgIpc) is 1.87. The highest BCUT2D eigenvalue weighted by atomic mass is 35.5. The Bertz CT molecular complexity index is 55.1. The molecule has 1 aliphatic rings. The van der Waals surface area contributed by atoms with Crippen LogP contribution in [0.3, 0.4) is 0 Å². The van der Waals surface area contributed by atoms with E-state index in [9.17, 15) is 0 Å². The van der Waals surface area contributed by atoms with E-state index in [1.54, 1.807) is 0 Å². The molecule has 2 unspecified atom stereocenters. The van der Waals surface area contributed by atoms with Gasteiger partial charge in [-0.2, -0.15) is 0 Å². The first-order valence-electron chi connectivity index (χ1n) is 2.40. The Morgan fingerprint density at radius 3 is 2.29 bits per heavy atom. The van der Waals surface area contributed by atoms with Crippen molar-refractivity contribution in [2.24, 2.45) is 0 Å². The van der Waals surface area contributed by atoms with Crippen LogP contribution in [0.1, 0.15) is 12.8 Å². The molecular weight excluding hydrogens is 131 g/mol. The number of halogens is 2. The fourth-order valence-electron chi connectivity index (χ4n) is 0.732. The molecule has 0 aromatic rings. The second-order valence-corrected chi connectivity index (χ2v) is 3.00. The molecule has 0 nitrogen and oxygen atoms in total. The third kappa shape index (κ3) is 1.50. The van der Waals surface area contributed by atoms with Crippen LogP contribution < -0.4 is 0 Å². The molecule has 0 N–H and O–H groups in total. The average molecular weight is 138 g/mol. The van der Waals surface area contributed by atoms with Crippen LogP contribution in [0.2, 0.25) is 0 Å². The highest BCUT2D eigenvalue weighted by Gasteiger charge is 2.20. The summed E-state index contributed by atoms with van der Waals surface area (Å²) in [7, 11) is 0. The summed E-state index contributed by atoms with van der Waals surface area (Å²) >= 11 is 11.4. The normalized spacial score (nSPS) is 42.0. The monoisotopic (exact) mass is 137 g/mol. The Morgan fingerprint density at radius 2 is 2.14 bits per heavy atom. The van der Waals surface area contributed by atoms with Gasteiger partial charge in [0.05, 0.1) is 0 Å². The maximum atomic E-state index is 5.69. The molecule has 0 aromatic carbocycles. The van der Waals surface area contributed by atoms with Gasteiger partial charge in [-0.1, -0.05) is 0 Å². The molecule has 0 bridgehead atoms. The minimum atomic E-state index is 0.238. The Labute approximate surface area is 53.8 Å². The fourth-order valence-corrected chi connectivity index (χ4v) is 1.44. The van der Waals surface area contributed by atoms with E-state index in [2.05, 4.69) is 6.42 Å². The van der Waals surface area contributed by atoms with Gasteiger partial charge >= 0.3 is 0 Å². The predicted molar refractivity (Wildman–Crippen MR) is 32.8 cm³/mol. The molecule has 1 aliphatic carbocycles. The van der Waals surface area contributed by atoms with Gasteiger partial charge < -0.3 is 0 Å². The van der Waals surface area contributed by atoms with E-state index in [-0.39, 0.29) is 5.38 Å². The van der Waals surface area contributed by atoms with Crippen LogP contribution in [0.5, 0.6) is 0 Å². The topological polar surface area (TPSA) is 0 Å². The lowest BCUT2D eigenvalue weighted by Crippen LogP contribution is -1.90. The van der Waals surface area contributed by atoms with Gasteiger partial charge in [0.15, 0.2) is 0 Å². The smallest absolute Gasteiger partial charge is 0.0382 e. The van der Waals surface area contributed by atoms with Crippen LogP contribution in [0.25, 0.3) is 0 Å². The fraction of sp³-hybridized carbons (Fsp3) is 0.800. The lowest BCUT2D eigenvalue weighted by molar-refractivity contribution is 0.899. The minimum absolute atomic E-state index is 0.238. The molecule has 0 aliphatic heterocycles. The molecule has 0 spiro atoms. The lowest BCUT2D eigenvalue weighted by atomic mass is 10.4. The number of rotatable bonds is 0. The first-order chi connectivity index (χ1) is 3.29. The van der Waals surface area contributed by atoms with Gasteiger partial charge in [0.2, 0.25) is 0 Å². The molecule has 2 atom stereocenters. The molecule has 0 saturated heterocycles. The van der Waals surface area contributed by atoms with E-state index in [4.69, 9.17) is 23.2 Å².